The largest absolute Gasteiger partial charge is 0.504 e. The van der Waals surface area contributed by atoms with Crippen LogP contribution in [0.3, 0.4) is 0 Å². The van der Waals surface area contributed by atoms with Crippen molar-refractivity contribution in [2.75, 3.05) is 14.2 Å². The van der Waals surface area contributed by atoms with E-state index in [1.54, 1.807) is 6.07 Å². The molecule has 0 saturated heterocycles. The molecular formula is C24H20F4N2O5. The van der Waals surface area contributed by atoms with Gasteiger partial charge in [0.1, 0.15) is 5.69 Å². The van der Waals surface area contributed by atoms with Gasteiger partial charge in [-0.15, -0.1) is 0 Å². The van der Waals surface area contributed by atoms with Crippen LogP contribution in [0.4, 0.5) is 28.9 Å². The molecule has 184 valence electrons. The van der Waals surface area contributed by atoms with Crippen molar-refractivity contribution in [1.82, 2.24) is 0 Å². The number of phenolic OH excluding ortho intramolecular Hbond substituents is 2. The van der Waals surface area contributed by atoms with Crippen LogP contribution < -0.4 is 14.2 Å². The van der Waals surface area contributed by atoms with Gasteiger partial charge in [-0.1, -0.05) is 0 Å². The minimum Gasteiger partial charge on any atom is -0.504 e. The second kappa shape index (κ2) is 10.8. The van der Waals surface area contributed by atoms with Gasteiger partial charge in [0.05, 0.1) is 19.9 Å². The number of halogens is 4. The molecule has 0 aliphatic carbocycles. The van der Waals surface area contributed by atoms with Crippen LogP contribution in [0.5, 0.6) is 28.7 Å². The summed E-state index contributed by atoms with van der Waals surface area (Å²) in [6, 6.07) is 12.4. The van der Waals surface area contributed by atoms with Crippen molar-refractivity contribution in [3.8, 4) is 28.7 Å². The lowest BCUT2D eigenvalue weighted by molar-refractivity contribution is -0.252. The Kier molecular flexibility index (Phi) is 7.80. The molecule has 0 radical (unpaired) electrons. The van der Waals surface area contributed by atoms with Gasteiger partial charge in [-0.05, 0) is 65.7 Å². The number of alkyl halides is 4. The molecule has 0 saturated carbocycles. The van der Waals surface area contributed by atoms with E-state index in [-0.39, 0.29) is 34.4 Å². The van der Waals surface area contributed by atoms with E-state index in [2.05, 4.69) is 14.7 Å². The first-order valence-corrected chi connectivity index (χ1v) is 9.94. The van der Waals surface area contributed by atoms with Gasteiger partial charge in [-0.3, -0.25) is 9.98 Å². The predicted octanol–water partition coefficient (Wildman–Crippen LogP) is 5.85. The zero-order valence-corrected chi connectivity index (χ0v) is 18.5. The summed E-state index contributed by atoms with van der Waals surface area (Å²) in [5.74, 6) is -0.417. The standard InChI is InChI=1S/C24H20F4N2O5/c1-33-21-6-3-14(9-18(21)31)12-29-16-5-8-20(35-24(27,28)23(25)26)17(11-16)30-13-15-4-7-22(34-2)19(32)10-15/h3-13,23,31-32H,1-2H3. The molecule has 3 aromatic carbocycles. The first-order valence-electron chi connectivity index (χ1n) is 9.94. The third-order valence-corrected chi connectivity index (χ3v) is 4.56. The summed E-state index contributed by atoms with van der Waals surface area (Å²) >= 11 is 0. The highest BCUT2D eigenvalue weighted by molar-refractivity contribution is 5.85. The molecule has 35 heavy (non-hydrogen) atoms. The fraction of sp³-hybridized carbons (Fsp3) is 0.167. The molecular weight excluding hydrogens is 472 g/mol. The molecule has 0 atom stereocenters. The number of ether oxygens (including phenoxy) is 3. The maximum Gasteiger partial charge on any atom is 0.461 e. The van der Waals surface area contributed by atoms with Crippen LogP contribution in [-0.4, -0.2) is 49.4 Å². The maximum absolute atomic E-state index is 13.5. The summed E-state index contributed by atoms with van der Waals surface area (Å²) in [6.07, 6.45) is -6.19. The molecule has 0 aliphatic rings. The van der Waals surface area contributed by atoms with Crippen molar-refractivity contribution in [3.05, 3.63) is 65.7 Å². The fourth-order valence-electron chi connectivity index (χ4n) is 2.83. The molecule has 0 heterocycles. The highest BCUT2D eigenvalue weighted by Gasteiger charge is 2.44. The lowest BCUT2D eigenvalue weighted by Gasteiger charge is -2.18. The summed E-state index contributed by atoms with van der Waals surface area (Å²) < 4.78 is 66.6. The molecule has 0 spiro atoms. The number of nitrogens with zero attached hydrogens (tertiary/aromatic N) is 2. The number of phenols is 2. The van der Waals surface area contributed by atoms with E-state index >= 15 is 0 Å². The lowest BCUT2D eigenvalue weighted by Crippen LogP contribution is -2.33. The Bertz CT molecular complexity index is 1250. The van der Waals surface area contributed by atoms with Gasteiger partial charge < -0.3 is 24.4 Å². The Morgan fingerprint density at radius 1 is 0.771 bits per heavy atom. The van der Waals surface area contributed by atoms with Crippen molar-refractivity contribution in [1.29, 1.82) is 0 Å². The quantitative estimate of drug-likeness (QED) is 0.289. The Morgan fingerprint density at radius 2 is 1.29 bits per heavy atom. The minimum absolute atomic E-state index is 0.109. The zero-order chi connectivity index (χ0) is 25.6. The summed E-state index contributed by atoms with van der Waals surface area (Å²) in [5.41, 5.74) is 0.898. The van der Waals surface area contributed by atoms with Gasteiger partial charge in [0, 0.05) is 12.4 Å². The number of aromatic hydroxyl groups is 2. The highest BCUT2D eigenvalue weighted by atomic mass is 19.3. The third kappa shape index (κ3) is 6.40. The summed E-state index contributed by atoms with van der Waals surface area (Å²) in [6.45, 7) is 0. The number of benzene rings is 3. The molecule has 3 rings (SSSR count). The van der Waals surface area contributed by atoms with Crippen LogP contribution in [0.25, 0.3) is 0 Å². The molecule has 11 heteroatoms. The predicted molar refractivity (Wildman–Crippen MR) is 122 cm³/mol. The van der Waals surface area contributed by atoms with Crippen molar-refractivity contribution in [3.63, 3.8) is 0 Å². The highest BCUT2D eigenvalue weighted by Crippen LogP contribution is 2.37. The molecule has 0 bridgehead atoms. The van der Waals surface area contributed by atoms with Gasteiger partial charge in [0.25, 0.3) is 0 Å². The van der Waals surface area contributed by atoms with E-state index in [0.717, 1.165) is 6.07 Å². The van der Waals surface area contributed by atoms with E-state index in [1.807, 2.05) is 0 Å². The number of methoxy groups -OCH3 is 2. The number of aliphatic imine (C=N–C) groups is 2. The number of hydrogen-bond acceptors (Lipinski definition) is 7. The van der Waals surface area contributed by atoms with Gasteiger partial charge in [0.2, 0.25) is 0 Å². The van der Waals surface area contributed by atoms with Gasteiger partial charge in [-0.25, -0.2) is 0 Å². The number of rotatable bonds is 9. The topological polar surface area (TPSA) is 92.9 Å². The van der Waals surface area contributed by atoms with Gasteiger partial charge in [-0.2, -0.15) is 17.6 Å². The van der Waals surface area contributed by atoms with Crippen LogP contribution in [-0.2, 0) is 0 Å². The van der Waals surface area contributed by atoms with E-state index in [4.69, 9.17) is 9.47 Å². The van der Waals surface area contributed by atoms with Crippen molar-refractivity contribution >= 4 is 23.8 Å². The Morgan fingerprint density at radius 3 is 1.77 bits per heavy atom. The van der Waals surface area contributed by atoms with E-state index in [9.17, 15) is 27.8 Å². The smallest absolute Gasteiger partial charge is 0.461 e. The van der Waals surface area contributed by atoms with Gasteiger partial charge in [0.15, 0.2) is 28.7 Å². The maximum atomic E-state index is 13.5. The molecule has 2 N–H and O–H groups in total. The molecule has 0 amide bonds. The normalized spacial score (nSPS) is 12.0. The molecule has 0 unspecified atom stereocenters. The summed E-state index contributed by atoms with van der Waals surface area (Å²) in [4.78, 5) is 8.26. The molecule has 7 nitrogen and oxygen atoms in total. The summed E-state index contributed by atoms with van der Waals surface area (Å²) in [7, 11) is 2.77. The molecule has 0 aromatic heterocycles. The third-order valence-electron chi connectivity index (χ3n) is 4.56. The SMILES string of the molecule is COc1ccc(C=Nc2ccc(OC(F)(F)C(F)F)c(N=Cc3ccc(OC)c(O)c3)c2)cc1O. The van der Waals surface area contributed by atoms with Gasteiger partial charge >= 0.3 is 12.5 Å². The molecule has 3 aromatic rings. The Hall–Kier alpha value is -4.28. The van der Waals surface area contributed by atoms with Crippen molar-refractivity contribution < 1.29 is 42.0 Å². The number of hydrogen-bond donors (Lipinski definition) is 2. The minimum atomic E-state index is -4.74. The van der Waals surface area contributed by atoms with E-state index in [0.29, 0.717) is 11.1 Å². The first-order chi connectivity index (χ1) is 16.6. The Labute approximate surface area is 197 Å². The van der Waals surface area contributed by atoms with E-state index in [1.165, 1.54) is 69.1 Å². The summed E-state index contributed by atoms with van der Waals surface area (Å²) in [5, 5.41) is 19.8. The van der Waals surface area contributed by atoms with Crippen molar-refractivity contribution in [2.24, 2.45) is 9.98 Å². The second-order valence-corrected chi connectivity index (χ2v) is 7.00. The average Bonchev–Trinajstić information content (AvgIpc) is 2.82. The average molecular weight is 492 g/mol. The van der Waals surface area contributed by atoms with Crippen LogP contribution in [0.15, 0.2) is 64.6 Å². The fourth-order valence-corrected chi connectivity index (χ4v) is 2.83. The zero-order valence-electron chi connectivity index (χ0n) is 18.5. The Balaban J connectivity index is 1.95. The first kappa shape index (κ1) is 25.3. The second-order valence-electron chi connectivity index (χ2n) is 7.00. The van der Waals surface area contributed by atoms with Crippen LogP contribution in [0, 0.1) is 0 Å². The molecule has 0 fully saturated rings. The van der Waals surface area contributed by atoms with Crippen LogP contribution in [0.1, 0.15) is 11.1 Å². The van der Waals surface area contributed by atoms with Crippen molar-refractivity contribution in [2.45, 2.75) is 12.5 Å². The molecule has 0 aliphatic heterocycles. The monoisotopic (exact) mass is 492 g/mol. The van der Waals surface area contributed by atoms with Crippen LogP contribution in [0.2, 0.25) is 0 Å². The van der Waals surface area contributed by atoms with E-state index < -0.39 is 18.3 Å². The lowest BCUT2D eigenvalue weighted by atomic mass is 10.2. The van der Waals surface area contributed by atoms with Crippen LogP contribution >= 0.6 is 0 Å².